The number of nitrogens with one attached hydrogen (secondary N) is 1. The van der Waals surface area contributed by atoms with E-state index in [4.69, 9.17) is 4.74 Å². The Balaban J connectivity index is 2.02. The quantitative estimate of drug-likeness (QED) is 0.925. The lowest BCUT2D eigenvalue weighted by Crippen LogP contribution is -2.43. The van der Waals surface area contributed by atoms with Crippen LogP contribution < -0.4 is 5.32 Å². The molecule has 0 aliphatic carbocycles. The number of ether oxygens (including phenoxy) is 1. The zero-order chi connectivity index (χ0) is 17.0. The Morgan fingerprint density at radius 1 is 1.43 bits per heavy atom. The predicted octanol–water partition coefficient (Wildman–Crippen LogP) is 3.33. The largest absolute Gasteiger partial charge is 0.449 e. The highest BCUT2D eigenvalue weighted by Crippen LogP contribution is 2.22. The highest BCUT2D eigenvalue weighted by molar-refractivity contribution is 5.97. The molecule has 1 aromatic carbocycles. The highest BCUT2D eigenvalue weighted by atomic mass is 19.1. The Morgan fingerprint density at radius 3 is 2.87 bits per heavy atom. The standard InChI is InChI=1S/C17H23FN2O3/c1-11(2)10-23-17(22)20-8-4-5-15(20)16(21)19-14-9-13(18)7-6-12(14)3/h6-7,9,11,15H,4-5,8,10H2,1-3H3,(H,19,21)/t15-/m1/s1. The number of halogens is 1. The van der Waals surface area contributed by atoms with E-state index in [0.29, 0.717) is 25.3 Å². The van der Waals surface area contributed by atoms with Crippen LogP contribution >= 0.6 is 0 Å². The van der Waals surface area contributed by atoms with Crippen LogP contribution in [0.1, 0.15) is 32.3 Å². The van der Waals surface area contributed by atoms with Crippen molar-refractivity contribution in [1.29, 1.82) is 0 Å². The van der Waals surface area contributed by atoms with Gasteiger partial charge in [-0.15, -0.1) is 0 Å². The van der Waals surface area contributed by atoms with E-state index in [1.165, 1.54) is 17.0 Å². The Morgan fingerprint density at radius 2 is 2.17 bits per heavy atom. The number of rotatable bonds is 4. The van der Waals surface area contributed by atoms with Gasteiger partial charge >= 0.3 is 6.09 Å². The van der Waals surface area contributed by atoms with Crippen molar-refractivity contribution < 1.29 is 18.7 Å². The average molecular weight is 322 g/mol. The molecule has 0 bridgehead atoms. The first kappa shape index (κ1) is 17.2. The van der Waals surface area contributed by atoms with Crippen molar-refractivity contribution in [3.05, 3.63) is 29.6 Å². The van der Waals surface area contributed by atoms with Crippen molar-refractivity contribution in [2.24, 2.45) is 5.92 Å². The van der Waals surface area contributed by atoms with Gasteiger partial charge in [0.25, 0.3) is 0 Å². The van der Waals surface area contributed by atoms with Gasteiger partial charge in [-0.1, -0.05) is 19.9 Å². The van der Waals surface area contributed by atoms with Crippen LogP contribution in [0.3, 0.4) is 0 Å². The van der Waals surface area contributed by atoms with Crippen molar-refractivity contribution in [2.45, 2.75) is 39.7 Å². The van der Waals surface area contributed by atoms with Gasteiger partial charge in [-0.05, 0) is 43.4 Å². The van der Waals surface area contributed by atoms with Crippen LogP contribution in [0.25, 0.3) is 0 Å². The zero-order valence-electron chi connectivity index (χ0n) is 13.8. The van der Waals surface area contributed by atoms with Gasteiger partial charge in [0.15, 0.2) is 0 Å². The number of amides is 2. The first-order valence-corrected chi connectivity index (χ1v) is 7.89. The van der Waals surface area contributed by atoms with Gasteiger partial charge in [0.05, 0.1) is 6.61 Å². The third-order valence-corrected chi connectivity index (χ3v) is 3.79. The molecule has 1 fully saturated rings. The molecule has 23 heavy (non-hydrogen) atoms. The Labute approximate surface area is 135 Å². The molecule has 1 saturated heterocycles. The van der Waals surface area contributed by atoms with Crippen molar-refractivity contribution in [2.75, 3.05) is 18.5 Å². The molecule has 5 nitrogen and oxygen atoms in total. The molecule has 1 aliphatic heterocycles. The first-order valence-electron chi connectivity index (χ1n) is 7.89. The van der Waals surface area contributed by atoms with Crippen LogP contribution in [0.5, 0.6) is 0 Å². The minimum Gasteiger partial charge on any atom is -0.449 e. The summed E-state index contributed by atoms with van der Waals surface area (Å²) in [4.78, 5) is 26.0. The maximum absolute atomic E-state index is 13.3. The molecule has 1 atom stereocenters. The second-order valence-corrected chi connectivity index (χ2v) is 6.27. The lowest BCUT2D eigenvalue weighted by molar-refractivity contribution is -0.120. The molecular formula is C17H23FN2O3. The van der Waals surface area contributed by atoms with Gasteiger partial charge in [-0.25, -0.2) is 9.18 Å². The van der Waals surface area contributed by atoms with Gasteiger partial charge in [0.1, 0.15) is 11.9 Å². The topological polar surface area (TPSA) is 58.6 Å². The Hall–Kier alpha value is -2.11. The summed E-state index contributed by atoms with van der Waals surface area (Å²) in [5, 5.41) is 2.71. The number of benzene rings is 1. The number of hydrogen-bond donors (Lipinski definition) is 1. The van der Waals surface area contributed by atoms with Gasteiger partial charge in [-0.3, -0.25) is 9.69 Å². The van der Waals surface area contributed by atoms with Gasteiger partial charge in [0, 0.05) is 12.2 Å². The van der Waals surface area contributed by atoms with Gasteiger partial charge in [0.2, 0.25) is 5.91 Å². The van der Waals surface area contributed by atoms with Crippen LogP contribution in [-0.2, 0) is 9.53 Å². The molecule has 2 amide bonds. The fourth-order valence-corrected chi connectivity index (χ4v) is 2.52. The lowest BCUT2D eigenvalue weighted by atomic mass is 10.1. The fourth-order valence-electron chi connectivity index (χ4n) is 2.52. The number of likely N-dealkylation sites (tertiary alicyclic amines) is 1. The number of aryl methyl sites for hydroxylation is 1. The fraction of sp³-hybridized carbons (Fsp3) is 0.529. The van der Waals surface area contributed by atoms with E-state index in [1.54, 1.807) is 13.0 Å². The third-order valence-electron chi connectivity index (χ3n) is 3.79. The highest BCUT2D eigenvalue weighted by Gasteiger charge is 2.35. The molecule has 6 heteroatoms. The molecule has 0 aromatic heterocycles. The summed E-state index contributed by atoms with van der Waals surface area (Å²) in [6.07, 6.45) is 0.862. The van der Waals surface area contributed by atoms with Crippen molar-refractivity contribution in [1.82, 2.24) is 4.90 Å². The second-order valence-electron chi connectivity index (χ2n) is 6.27. The average Bonchev–Trinajstić information content (AvgIpc) is 2.98. The van der Waals surface area contributed by atoms with E-state index in [-0.39, 0.29) is 11.8 Å². The Bertz CT molecular complexity index is 589. The van der Waals surface area contributed by atoms with Crippen molar-refractivity contribution >= 4 is 17.7 Å². The predicted molar refractivity (Wildman–Crippen MR) is 85.7 cm³/mol. The smallest absolute Gasteiger partial charge is 0.410 e. The minimum absolute atomic E-state index is 0.240. The molecule has 0 radical (unpaired) electrons. The normalized spacial score (nSPS) is 17.4. The number of nitrogens with zero attached hydrogens (tertiary/aromatic N) is 1. The summed E-state index contributed by atoms with van der Waals surface area (Å²) in [7, 11) is 0. The van der Waals surface area contributed by atoms with Gasteiger partial charge in [-0.2, -0.15) is 0 Å². The Kier molecular flexibility index (Phi) is 5.58. The molecule has 1 aromatic rings. The number of hydrogen-bond acceptors (Lipinski definition) is 3. The summed E-state index contributed by atoms with van der Waals surface area (Å²) in [6, 6.07) is 3.66. The zero-order valence-corrected chi connectivity index (χ0v) is 13.8. The minimum atomic E-state index is -0.572. The monoisotopic (exact) mass is 322 g/mol. The summed E-state index contributed by atoms with van der Waals surface area (Å²) in [5.41, 5.74) is 1.20. The molecule has 1 N–H and O–H groups in total. The van der Waals surface area contributed by atoms with Crippen LogP contribution in [0.15, 0.2) is 18.2 Å². The van der Waals surface area contributed by atoms with E-state index in [2.05, 4.69) is 5.32 Å². The van der Waals surface area contributed by atoms with Gasteiger partial charge < -0.3 is 10.1 Å². The summed E-state index contributed by atoms with van der Waals surface area (Å²) >= 11 is 0. The molecule has 0 saturated carbocycles. The summed E-state index contributed by atoms with van der Waals surface area (Å²) in [5.74, 6) is -0.480. The molecule has 1 aliphatic rings. The summed E-state index contributed by atoms with van der Waals surface area (Å²) < 4.78 is 18.5. The van der Waals surface area contributed by atoms with Crippen LogP contribution in [0.4, 0.5) is 14.9 Å². The van der Waals surface area contributed by atoms with E-state index in [0.717, 1.165) is 12.0 Å². The lowest BCUT2D eigenvalue weighted by Gasteiger charge is -2.24. The maximum atomic E-state index is 13.3. The molecule has 0 unspecified atom stereocenters. The van der Waals surface area contributed by atoms with E-state index in [9.17, 15) is 14.0 Å². The molecule has 1 heterocycles. The van der Waals surface area contributed by atoms with Crippen LogP contribution in [-0.4, -0.2) is 36.1 Å². The van der Waals surface area contributed by atoms with Crippen molar-refractivity contribution in [3.63, 3.8) is 0 Å². The van der Waals surface area contributed by atoms with Crippen LogP contribution in [0.2, 0.25) is 0 Å². The van der Waals surface area contributed by atoms with Crippen LogP contribution in [0, 0.1) is 18.7 Å². The second kappa shape index (κ2) is 7.44. The molecule has 2 rings (SSSR count). The first-order chi connectivity index (χ1) is 10.9. The number of carbonyl (C=O) groups is 2. The van der Waals surface area contributed by atoms with E-state index >= 15 is 0 Å². The molecular weight excluding hydrogens is 299 g/mol. The van der Waals surface area contributed by atoms with E-state index < -0.39 is 18.0 Å². The molecule has 0 spiro atoms. The number of anilines is 1. The van der Waals surface area contributed by atoms with E-state index in [1.807, 2.05) is 13.8 Å². The van der Waals surface area contributed by atoms with Crippen molar-refractivity contribution in [3.8, 4) is 0 Å². The SMILES string of the molecule is Cc1ccc(F)cc1NC(=O)[C@H]1CCCN1C(=O)OCC(C)C. The molecule has 126 valence electrons. The third kappa shape index (κ3) is 4.43. The number of carbonyl (C=O) groups excluding carboxylic acids is 2. The summed E-state index contributed by atoms with van der Waals surface area (Å²) in [6.45, 7) is 6.52. The maximum Gasteiger partial charge on any atom is 0.410 e.